The zero-order chi connectivity index (χ0) is 15.1. The Morgan fingerprint density at radius 2 is 2.14 bits per heavy atom. The number of fused-ring (bicyclic) bond motifs is 1. The minimum Gasteiger partial charge on any atom is -0.310 e. The minimum absolute atomic E-state index is 0.148. The number of rotatable bonds is 5. The number of halogens is 2. The van der Waals surface area contributed by atoms with E-state index in [1.165, 1.54) is 11.0 Å². The SMILES string of the molecule is C=C(CNC1CC1)CN1C(=O)C(=O)c2cc(Cl)c(F)cc21. The average molecular weight is 309 g/mol. The van der Waals surface area contributed by atoms with Crippen LogP contribution in [0.3, 0.4) is 0 Å². The molecule has 6 heteroatoms. The Morgan fingerprint density at radius 3 is 2.81 bits per heavy atom. The Hall–Kier alpha value is -1.72. The highest BCUT2D eigenvalue weighted by atomic mass is 35.5. The van der Waals surface area contributed by atoms with Crippen molar-refractivity contribution in [2.75, 3.05) is 18.0 Å². The summed E-state index contributed by atoms with van der Waals surface area (Å²) in [5.41, 5.74) is 1.18. The van der Waals surface area contributed by atoms with E-state index in [-0.39, 0.29) is 22.8 Å². The summed E-state index contributed by atoms with van der Waals surface area (Å²) in [4.78, 5) is 25.2. The van der Waals surface area contributed by atoms with Gasteiger partial charge in [-0.1, -0.05) is 18.2 Å². The fourth-order valence-corrected chi connectivity index (χ4v) is 2.46. The van der Waals surface area contributed by atoms with Crippen LogP contribution in [0.2, 0.25) is 5.02 Å². The Morgan fingerprint density at radius 1 is 1.43 bits per heavy atom. The highest BCUT2D eigenvalue weighted by Gasteiger charge is 2.37. The van der Waals surface area contributed by atoms with E-state index in [1.54, 1.807) is 0 Å². The second-order valence-corrected chi connectivity index (χ2v) is 5.82. The van der Waals surface area contributed by atoms with Crippen molar-refractivity contribution >= 4 is 29.0 Å². The van der Waals surface area contributed by atoms with E-state index in [4.69, 9.17) is 11.6 Å². The van der Waals surface area contributed by atoms with Gasteiger partial charge in [-0.05, 0) is 30.5 Å². The summed E-state index contributed by atoms with van der Waals surface area (Å²) in [6, 6.07) is 2.86. The first-order chi connectivity index (χ1) is 9.97. The number of carbonyl (C=O) groups is 2. The highest BCUT2D eigenvalue weighted by Crippen LogP contribution is 2.33. The molecule has 0 unspecified atom stereocenters. The van der Waals surface area contributed by atoms with Gasteiger partial charge in [-0.3, -0.25) is 9.59 Å². The molecular weight excluding hydrogens is 295 g/mol. The van der Waals surface area contributed by atoms with Crippen LogP contribution in [0, 0.1) is 5.82 Å². The van der Waals surface area contributed by atoms with E-state index in [1.807, 2.05) is 0 Å². The molecule has 0 saturated heterocycles. The molecule has 0 aromatic heterocycles. The molecule has 1 fully saturated rings. The standard InChI is InChI=1S/C15H14ClFN2O2/c1-8(6-18-9-2-3-9)7-19-13-5-12(17)11(16)4-10(13)14(20)15(19)21/h4-5,9,18H,1-3,6-7H2. The molecule has 1 amide bonds. The number of hydrogen-bond acceptors (Lipinski definition) is 3. The van der Waals surface area contributed by atoms with Crippen LogP contribution in [0.15, 0.2) is 24.3 Å². The summed E-state index contributed by atoms with van der Waals surface area (Å²) in [5, 5.41) is 3.12. The molecule has 2 aliphatic rings. The fourth-order valence-electron chi connectivity index (χ4n) is 2.30. The Labute approximate surface area is 126 Å². The van der Waals surface area contributed by atoms with Gasteiger partial charge < -0.3 is 10.2 Å². The third kappa shape index (κ3) is 2.71. The molecule has 0 spiro atoms. The zero-order valence-electron chi connectivity index (χ0n) is 11.3. The van der Waals surface area contributed by atoms with E-state index in [0.717, 1.165) is 24.5 Å². The van der Waals surface area contributed by atoms with Gasteiger partial charge in [0.05, 0.1) is 16.3 Å². The van der Waals surface area contributed by atoms with Crippen molar-refractivity contribution in [3.05, 3.63) is 40.7 Å². The predicted molar refractivity (Wildman–Crippen MR) is 78.3 cm³/mol. The first-order valence-electron chi connectivity index (χ1n) is 6.72. The topological polar surface area (TPSA) is 49.4 Å². The van der Waals surface area contributed by atoms with Gasteiger partial charge in [0.25, 0.3) is 11.7 Å². The van der Waals surface area contributed by atoms with Crippen molar-refractivity contribution in [3.63, 3.8) is 0 Å². The normalized spacial score (nSPS) is 17.3. The summed E-state index contributed by atoms with van der Waals surface area (Å²) in [6.45, 7) is 4.67. The molecule has 1 aromatic rings. The van der Waals surface area contributed by atoms with Crippen LogP contribution in [-0.2, 0) is 4.79 Å². The van der Waals surface area contributed by atoms with E-state index in [2.05, 4.69) is 11.9 Å². The molecule has 21 heavy (non-hydrogen) atoms. The number of Topliss-reactive ketones (excluding diaryl/α,β-unsaturated/α-hetero) is 1. The second-order valence-electron chi connectivity index (χ2n) is 5.41. The maximum atomic E-state index is 13.6. The maximum absolute atomic E-state index is 13.6. The molecule has 1 aliphatic carbocycles. The van der Waals surface area contributed by atoms with Gasteiger partial charge in [0.2, 0.25) is 0 Å². The summed E-state index contributed by atoms with van der Waals surface area (Å²) >= 11 is 5.67. The number of benzene rings is 1. The van der Waals surface area contributed by atoms with E-state index in [9.17, 15) is 14.0 Å². The Balaban J connectivity index is 1.79. The molecule has 4 nitrogen and oxygen atoms in total. The molecule has 0 radical (unpaired) electrons. The molecule has 1 saturated carbocycles. The maximum Gasteiger partial charge on any atom is 0.299 e. The van der Waals surface area contributed by atoms with E-state index >= 15 is 0 Å². The van der Waals surface area contributed by atoms with Crippen LogP contribution in [0.25, 0.3) is 0 Å². The first kappa shape index (κ1) is 14.2. The molecule has 0 bridgehead atoms. The quantitative estimate of drug-likeness (QED) is 0.671. The molecule has 1 aromatic carbocycles. The summed E-state index contributed by atoms with van der Waals surface area (Å²) in [7, 11) is 0. The van der Waals surface area contributed by atoms with Crippen LogP contribution in [0.4, 0.5) is 10.1 Å². The van der Waals surface area contributed by atoms with Crippen molar-refractivity contribution in [1.82, 2.24) is 5.32 Å². The monoisotopic (exact) mass is 308 g/mol. The third-order valence-corrected chi connectivity index (χ3v) is 3.90. The summed E-state index contributed by atoms with van der Waals surface area (Å²) < 4.78 is 13.6. The fraction of sp³-hybridized carbons (Fsp3) is 0.333. The number of nitrogens with zero attached hydrogens (tertiary/aromatic N) is 1. The van der Waals surface area contributed by atoms with Gasteiger partial charge in [0.1, 0.15) is 5.82 Å². The highest BCUT2D eigenvalue weighted by molar-refractivity contribution is 6.52. The smallest absolute Gasteiger partial charge is 0.299 e. The lowest BCUT2D eigenvalue weighted by Crippen LogP contribution is -2.34. The summed E-state index contributed by atoms with van der Waals surface area (Å²) in [5.74, 6) is -1.97. The predicted octanol–water partition coefficient (Wildman–Crippen LogP) is 2.32. The van der Waals surface area contributed by atoms with Gasteiger partial charge >= 0.3 is 0 Å². The van der Waals surface area contributed by atoms with E-state index < -0.39 is 17.5 Å². The molecule has 1 aliphatic heterocycles. The van der Waals surface area contributed by atoms with Crippen LogP contribution < -0.4 is 10.2 Å². The van der Waals surface area contributed by atoms with Gasteiger partial charge in [0, 0.05) is 19.1 Å². The minimum atomic E-state index is -0.667. The van der Waals surface area contributed by atoms with Crippen molar-refractivity contribution in [2.45, 2.75) is 18.9 Å². The van der Waals surface area contributed by atoms with Crippen molar-refractivity contribution < 1.29 is 14.0 Å². The number of amides is 1. The lowest BCUT2D eigenvalue weighted by Gasteiger charge is -2.18. The molecule has 1 heterocycles. The lowest BCUT2D eigenvalue weighted by atomic mass is 10.1. The third-order valence-electron chi connectivity index (χ3n) is 3.61. The number of anilines is 1. The number of carbonyl (C=O) groups excluding carboxylic acids is 2. The van der Waals surface area contributed by atoms with Gasteiger partial charge in [-0.2, -0.15) is 0 Å². The zero-order valence-corrected chi connectivity index (χ0v) is 12.0. The van der Waals surface area contributed by atoms with Crippen LogP contribution in [0.1, 0.15) is 23.2 Å². The Bertz CT molecular complexity index is 655. The molecule has 1 N–H and O–H groups in total. The largest absolute Gasteiger partial charge is 0.310 e. The second kappa shape index (κ2) is 5.24. The van der Waals surface area contributed by atoms with Crippen LogP contribution in [-0.4, -0.2) is 30.8 Å². The molecular formula is C15H14ClFN2O2. The van der Waals surface area contributed by atoms with Gasteiger partial charge in [-0.25, -0.2) is 4.39 Å². The molecule has 3 rings (SSSR count). The lowest BCUT2D eigenvalue weighted by molar-refractivity contribution is -0.114. The average Bonchev–Trinajstić information content (AvgIpc) is 3.24. The van der Waals surface area contributed by atoms with E-state index in [0.29, 0.717) is 12.6 Å². The number of ketones is 1. The first-order valence-corrected chi connectivity index (χ1v) is 7.10. The van der Waals surface area contributed by atoms with Gasteiger partial charge in [0.15, 0.2) is 0 Å². The Kier molecular flexibility index (Phi) is 3.55. The van der Waals surface area contributed by atoms with Crippen LogP contribution in [0.5, 0.6) is 0 Å². The van der Waals surface area contributed by atoms with Gasteiger partial charge in [-0.15, -0.1) is 0 Å². The summed E-state index contributed by atoms with van der Waals surface area (Å²) in [6.07, 6.45) is 2.31. The van der Waals surface area contributed by atoms with Crippen molar-refractivity contribution in [2.24, 2.45) is 0 Å². The molecule has 0 atom stereocenters. The molecule has 110 valence electrons. The van der Waals surface area contributed by atoms with Crippen LogP contribution >= 0.6 is 11.6 Å². The van der Waals surface area contributed by atoms with Crippen molar-refractivity contribution in [1.29, 1.82) is 0 Å². The number of hydrogen-bond donors (Lipinski definition) is 1. The number of nitrogens with one attached hydrogen (secondary N) is 1. The van der Waals surface area contributed by atoms with Crippen molar-refractivity contribution in [3.8, 4) is 0 Å².